The largest absolute Gasteiger partial charge is 0.445 e. The highest BCUT2D eigenvalue weighted by atomic mass is 19.4. The second-order valence-corrected chi connectivity index (χ2v) is 5.39. The van der Waals surface area contributed by atoms with Crippen LogP contribution in [0.1, 0.15) is 11.1 Å². The van der Waals surface area contributed by atoms with Crippen LogP contribution in [-0.2, 0) is 17.9 Å². The summed E-state index contributed by atoms with van der Waals surface area (Å²) in [7, 11) is 0. The number of ether oxygens (including phenoxy) is 1. The van der Waals surface area contributed by atoms with Crippen molar-refractivity contribution in [2.24, 2.45) is 0 Å². The van der Waals surface area contributed by atoms with E-state index in [1.54, 1.807) is 60.7 Å². The normalized spacial score (nSPS) is 12.5. The third kappa shape index (κ3) is 5.49. The first-order valence-corrected chi connectivity index (χ1v) is 7.60. The number of hydrogen-bond donors (Lipinski definition) is 1. The number of carbonyl (C=O) groups excluding carboxylic acids is 1. The lowest BCUT2D eigenvalue weighted by Gasteiger charge is -2.31. The minimum atomic E-state index is -4.77. The maximum atomic E-state index is 13.2. The molecule has 0 spiro atoms. The summed E-state index contributed by atoms with van der Waals surface area (Å²) in [6, 6.07) is 14.5. The Hall–Kier alpha value is -2.54. The molecule has 0 aliphatic carbocycles. The van der Waals surface area contributed by atoms with Crippen molar-refractivity contribution in [3.8, 4) is 0 Å². The van der Waals surface area contributed by atoms with Gasteiger partial charge < -0.3 is 9.84 Å². The van der Waals surface area contributed by atoms with Crippen LogP contribution in [0.4, 0.5) is 18.0 Å². The van der Waals surface area contributed by atoms with Gasteiger partial charge in [-0.1, -0.05) is 60.7 Å². The van der Waals surface area contributed by atoms with Crippen molar-refractivity contribution in [1.82, 2.24) is 4.90 Å². The molecule has 0 heterocycles. The third-order valence-corrected chi connectivity index (χ3v) is 3.56. The first-order valence-electron chi connectivity index (χ1n) is 7.60. The van der Waals surface area contributed by atoms with Crippen molar-refractivity contribution in [1.29, 1.82) is 0 Å². The van der Waals surface area contributed by atoms with E-state index in [-0.39, 0.29) is 13.2 Å². The highest BCUT2D eigenvalue weighted by molar-refractivity contribution is 5.68. The van der Waals surface area contributed by atoms with Gasteiger partial charge in [0.05, 0.1) is 6.61 Å². The number of nitrogens with zero attached hydrogens (tertiary/aromatic N) is 1. The molecule has 25 heavy (non-hydrogen) atoms. The summed E-state index contributed by atoms with van der Waals surface area (Å²) in [5, 5.41) is 9.17. The SMILES string of the molecule is O=C(OCc1ccccc1)N(Cc1ccccc1)C(CO)C(F)(F)F. The summed E-state index contributed by atoms with van der Waals surface area (Å²) in [4.78, 5) is 12.8. The first kappa shape index (κ1) is 18.8. The third-order valence-electron chi connectivity index (χ3n) is 3.56. The van der Waals surface area contributed by atoms with Crippen LogP contribution in [0.3, 0.4) is 0 Å². The maximum Gasteiger partial charge on any atom is 0.411 e. The van der Waals surface area contributed by atoms with Gasteiger partial charge in [-0.25, -0.2) is 4.79 Å². The lowest BCUT2D eigenvalue weighted by atomic mass is 10.2. The Balaban J connectivity index is 2.16. The highest BCUT2D eigenvalue weighted by Gasteiger charge is 2.45. The molecule has 0 radical (unpaired) electrons. The van der Waals surface area contributed by atoms with Gasteiger partial charge in [0.2, 0.25) is 0 Å². The smallest absolute Gasteiger partial charge is 0.411 e. The Morgan fingerprint density at radius 1 is 1.00 bits per heavy atom. The van der Waals surface area contributed by atoms with E-state index in [0.717, 1.165) is 0 Å². The Morgan fingerprint density at radius 3 is 2.00 bits per heavy atom. The van der Waals surface area contributed by atoms with Crippen molar-refractivity contribution >= 4 is 6.09 Å². The number of amides is 1. The first-order chi connectivity index (χ1) is 11.9. The minimum absolute atomic E-state index is 0.152. The van der Waals surface area contributed by atoms with Crippen LogP contribution in [0.15, 0.2) is 60.7 Å². The fraction of sp³-hybridized carbons (Fsp3) is 0.278. The molecule has 1 atom stereocenters. The molecule has 1 unspecified atom stereocenters. The number of aliphatic hydroxyl groups excluding tert-OH is 1. The minimum Gasteiger partial charge on any atom is -0.445 e. The molecule has 0 aliphatic heterocycles. The zero-order valence-corrected chi connectivity index (χ0v) is 13.3. The standard InChI is InChI=1S/C18H18F3NO3/c19-18(20,21)16(12-23)22(11-14-7-3-1-4-8-14)17(24)25-13-15-9-5-2-6-10-15/h1-10,16,23H,11-13H2. The summed E-state index contributed by atoms with van der Waals surface area (Å²) >= 11 is 0. The second kappa shape index (κ2) is 8.53. The van der Waals surface area contributed by atoms with Gasteiger partial charge in [-0.05, 0) is 11.1 Å². The van der Waals surface area contributed by atoms with Gasteiger partial charge in [0, 0.05) is 6.54 Å². The van der Waals surface area contributed by atoms with Gasteiger partial charge in [-0.3, -0.25) is 4.90 Å². The van der Waals surface area contributed by atoms with E-state index in [0.29, 0.717) is 16.0 Å². The monoisotopic (exact) mass is 353 g/mol. The maximum absolute atomic E-state index is 13.2. The number of halogens is 3. The number of rotatable bonds is 6. The highest BCUT2D eigenvalue weighted by Crippen LogP contribution is 2.26. The topological polar surface area (TPSA) is 49.8 Å². The lowest BCUT2D eigenvalue weighted by Crippen LogP contribution is -2.50. The van der Waals surface area contributed by atoms with E-state index in [2.05, 4.69) is 0 Å². The van der Waals surface area contributed by atoms with Crippen molar-refractivity contribution < 1.29 is 27.8 Å². The molecule has 0 fully saturated rings. The van der Waals surface area contributed by atoms with Crippen molar-refractivity contribution in [2.75, 3.05) is 6.61 Å². The van der Waals surface area contributed by atoms with Gasteiger partial charge in [-0.2, -0.15) is 13.2 Å². The zero-order chi connectivity index (χ0) is 18.3. The van der Waals surface area contributed by atoms with Crippen LogP contribution in [0.5, 0.6) is 0 Å². The predicted molar refractivity (Wildman–Crippen MR) is 85.5 cm³/mol. The molecule has 0 aliphatic rings. The Morgan fingerprint density at radius 2 is 1.52 bits per heavy atom. The van der Waals surface area contributed by atoms with Crippen molar-refractivity contribution in [3.05, 3.63) is 71.8 Å². The fourth-order valence-corrected chi connectivity index (χ4v) is 2.26. The zero-order valence-electron chi connectivity index (χ0n) is 13.3. The van der Waals surface area contributed by atoms with E-state index >= 15 is 0 Å². The van der Waals surface area contributed by atoms with Crippen LogP contribution < -0.4 is 0 Å². The van der Waals surface area contributed by atoms with Gasteiger partial charge in [0.25, 0.3) is 0 Å². The summed E-state index contributed by atoms with van der Waals surface area (Å²) in [5.74, 6) is 0. The predicted octanol–water partition coefficient (Wildman–Crippen LogP) is 3.75. The molecular weight excluding hydrogens is 335 g/mol. The Labute approximate surface area is 143 Å². The van der Waals surface area contributed by atoms with E-state index in [1.165, 1.54) is 0 Å². The quantitative estimate of drug-likeness (QED) is 0.861. The molecule has 0 aromatic heterocycles. The van der Waals surface area contributed by atoms with E-state index < -0.39 is 24.9 Å². The number of alkyl halides is 3. The fourth-order valence-electron chi connectivity index (χ4n) is 2.26. The van der Waals surface area contributed by atoms with E-state index in [9.17, 15) is 23.1 Å². The molecule has 0 saturated heterocycles. The molecule has 0 saturated carbocycles. The number of carbonyl (C=O) groups is 1. The van der Waals surface area contributed by atoms with Gasteiger partial charge in [0.1, 0.15) is 6.61 Å². The van der Waals surface area contributed by atoms with Crippen molar-refractivity contribution in [2.45, 2.75) is 25.4 Å². The van der Waals surface area contributed by atoms with E-state index in [1.807, 2.05) is 0 Å². The van der Waals surface area contributed by atoms with Crippen LogP contribution >= 0.6 is 0 Å². The van der Waals surface area contributed by atoms with Crippen LogP contribution in [0, 0.1) is 0 Å². The number of aliphatic hydroxyl groups is 1. The molecule has 1 amide bonds. The summed E-state index contributed by atoms with van der Waals surface area (Å²) in [5.41, 5.74) is 1.16. The second-order valence-electron chi connectivity index (χ2n) is 5.39. The molecule has 4 nitrogen and oxygen atoms in total. The Bertz CT molecular complexity index is 662. The summed E-state index contributed by atoms with van der Waals surface area (Å²) < 4.78 is 44.6. The summed E-state index contributed by atoms with van der Waals surface area (Å²) in [6.07, 6.45) is -5.90. The van der Waals surface area contributed by atoms with Crippen LogP contribution in [0.25, 0.3) is 0 Å². The average Bonchev–Trinajstić information content (AvgIpc) is 2.60. The van der Waals surface area contributed by atoms with Gasteiger partial charge >= 0.3 is 12.3 Å². The number of benzene rings is 2. The summed E-state index contributed by atoms with van der Waals surface area (Å²) in [6.45, 7) is -1.71. The van der Waals surface area contributed by atoms with Gasteiger partial charge in [0.15, 0.2) is 6.04 Å². The molecule has 1 N–H and O–H groups in total. The molecule has 2 aromatic carbocycles. The molecule has 7 heteroatoms. The molecule has 2 aromatic rings. The molecule has 134 valence electrons. The van der Waals surface area contributed by atoms with E-state index in [4.69, 9.17) is 4.74 Å². The van der Waals surface area contributed by atoms with Gasteiger partial charge in [-0.15, -0.1) is 0 Å². The molecule has 2 rings (SSSR count). The lowest BCUT2D eigenvalue weighted by molar-refractivity contribution is -0.189. The number of hydrogen-bond acceptors (Lipinski definition) is 3. The van der Waals surface area contributed by atoms with Crippen LogP contribution in [0.2, 0.25) is 0 Å². The Kier molecular flexibility index (Phi) is 6.41. The average molecular weight is 353 g/mol. The molecular formula is C18H18F3NO3. The molecule has 0 bridgehead atoms. The van der Waals surface area contributed by atoms with Crippen molar-refractivity contribution in [3.63, 3.8) is 0 Å². The van der Waals surface area contributed by atoms with Crippen LogP contribution in [-0.4, -0.2) is 34.9 Å².